The van der Waals surface area contributed by atoms with Gasteiger partial charge in [-0.2, -0.15) is 0 Å². The molecule has 1 amide bonds. The van der Waals surface area contributed by atoms with Crippen molar-refractivity contribution in [2.75, 3.05) is 19.8 Å². The number of hydrogen-bond donors (Lipinski definition) is 3. The van der Waals surface area contributed by atoms with Gasteiger partial charge in [-0.1, -0.05) is 24.0 Å². The Hall–Kier alpha value is -3.37. The molecule has 3 aromatic rings. The molecule has 0 aliphatic rings. The molecule has 0 radical (unpaired) electrons. The number of H-pyrrole nitrogens is 1. The first kappa shape index (κ1) is 17.5. The molecule has 1 aromatic carbocycles. The predicted octanol–water partition coefficient (Wildman–Crippen LogP) is 1.40. The number of carbonyl (C=O) groups excluding carboxylic acids is 1. The number of aromatic amines is 1. The highest BCUT2D eigenvalue weighted by molar-refractivity contribution is 5.92. The van der Waals surface area contributed by atoms with Gasteiger partial charge in [0.15, 0.2) is 0 Å². The molecule has 7 nitrogen and oxygen atoms in total. The van der Waals surface area contributed by atoms with Gasteiger partial charge in [-0.3, -0.25) is 4.79 Å². The second-order valence-electron chi connectivity index (χ2n) is 6.30. The van der Waals surface area contributed by atoms with E-state index in [0.717, 1.165) is 22.2 Å². The fourth-order valence-electron chi connectivity index (χ4n) is 2.59. The summed E-state index contributed by atoms with van der Waals surface area (Å²) in [5.74, 6) is 5.24. The van der Waals surface area contributed by atoms with Crippen LogP contribution in [0, 0.1) is 11.8 Å². The van der Waals surface area contributed by atoms with Gasteiger partial charge < -0.3 is 20.7 Å². The van der Waals surface area contributed by atoms with Gasteiger partial charge in [0.25, 0.3) is 5.91 Å². The molecule has 26 heavy (non-hydrogen) atoms. The van der Waals surface area contributed by atoms with Gasteiger partial charge >= 0.3 is 0 Å². The molecule has 0 aliphatic carbocycles. The molecule has 1 atom stereocenters. The van der Waals surface area contributed by atoms with Crippen LogP contribution in [0.15, 0.2) is 36.7 Å². The van der Waals surface area contributed by atoms with Crippen molar-refractivity contribution in [3.63, 3.8) is 0 Å². The summed E-state index contributed by atoms with van der Waals surface area (Å²) in [5, 5.41) is 10.2. The summed E-state index contributed by atoms with van der Waals surface area (Å²) >= 11 is 0. The maximum atomic E-state index is 12.0. The van der Waals surface area contributed by atoms with Crippen LogP contribution in [-0.4, -0.2) is 50.6 Å². The Kier molecular flexibility index (Phi) is 4.36. The van der Waals surface area contributed by atoms with Crippen LogP contribution in [0.5, 0.6) is 0 Å². The van der Waals surface area contributed by atoms with E-state index in [-0.39, 0.29) is 5.95 Å². The first-order valence-corrected chi connectivity index (χ1v) is 7.95. The van der Waals surface area contributed by atoms with Crippen LogP contribution in [-0.2, 0) is 4.79 Å². The zero-order valence-corrected chi connectivity index (χ0v) is 14.7. The second-order valence-corrected chi connectivity index (χ2v) is 6.30. The van der Waals surface area contributed by atoms with Crippen LogP contribution in [0.1, 0.15) is 12.5 Å². The Balaban J connectivity index is 1.98. The van der Waals surface area contributed by atoms with Crippen LogP contribution in [0.4, 0.5) is 5.95 Å². The van der Waals surface area contributed by atoms with Crippen LogP contribution >= 0.6 is 0 Å². The number of anilines is 1. The molecule has 1 unspecified atom stereocenters. The van der Waals surface area contributed by atoms with Crippen LogP contribution in [0.2, 0.25) is 0 Å². The second kappa shape index (κ2) is 6.50. The monoisotopic (exact) mass is 349 g/mol. The SMILES string of the molecule is CN(C)C(=O)C(C)(O)C#Cc1cccc(-c2c[nH]c3cnc(N)nc23)c1. The fraction of sp³-hybridized carbons (Fsp3) is 0.211. The van der Waals surface area contributed by atoms with Crippen LogP contribution < -0.4 is 5.73 Å². The molecule has 0 saturated carbocycles. The smallest absolute Gasteiger partial charge is 0.266 e. The maximum absolute atomic E-state index is 12.0. The number of rotatable bonds is 2. The van der Waals surface area contributed by atoms with Gasteiger partial charge in [-0.05, 0) is 24.6 Å². The minimum atomic E-state index is -1.75. The first-order valence-electron chi connectivity index (χ1n) is 7.95. The number of nitrogens with two attached hydrogens (primary N) is 1. The van der Waals surface area contributed by atoms with Crippen LogP contribution in [0.25, 0.3) is 22.2 Å². The van der Waals surface area contributed by atoms with E-state index in [0.29, 0.717) is 5.56 Å². The van der Waals surface area contributed by atoms with Crippen molar-refractivity contribution in [3.05, 3.63) is 42.2 Å². The number of nitrogens with zero attached hydrogens (tertiary/aromatic N) is 3. The van der Waals surface area contributed by atoms with Gasteiger partial charge in [-0.15, -0.1) is 0 Å². The number of carbonyl (C=O) groups is 1. The van der Waals surface area contributed by atoms with E-state index in [9.17, 15) is 9.90 Å². The predicted molar refractivity (Wildman–Crippen MR) is 99.9 cm³/mol. The van der Waals surface area contributed by atoms with E-state index in [1.54, 1.807) is 20.3 Å². The number of fused-ring (bicyclic) bond motifs is 1. The summed E-state index contributed by atoms with van der Waals surface area (Å²) in [4.78, 5) is 24.6. The zero-order chi connectivity index (χ0) is 18.9. The normalized spacial score (nSPS) is 12.9. The van der Waals surface area contributed by atoms with Crippen molar-refractivity contribution in [1.82, 2.24) is 19.9 Å². The highest BCUT2D eigenvalue weighted by Gasteiger charge is 2.29. The molecule has 3 rings (SSSR count). The van der Waals surface area contributed by atoms with Crippen molar-refractivity contribution >= 4 is 22.9 Å². The lowest BCUT2D eigenvalue weighted by Gasteiger charge is -2.20. The number of aromatic nitrogens is 3. The lowest BCUT2D eigenvalue weighted by Crippen LogP contribution is -2.42. The molecule has 0 bridgehead atoms. The Morgan fingerprint density at radius 1 is 1.38 bits per heavy atom. The summed E-state index contributed by atoms with van der Waals surface area (Å²) < 4.78 is 0. The molecule has 0 fully saturated rings. The molecule has 2 heterocycles. The molecule has 132 valence electrons. The molecular weight excluding hydrogens is 330 g/mol. The summed E-state index contributed by atoms with van der Waals surface area (Å²) in [6, 6.07) is 7.45. The summed E-state index contributed by atoms with van der Waals surface area (Å²) in [6.45, 7) is 1.38. The summed E-state index contributed by atoms with van der Waals surface area (Å²) in [5.41, 5.74) is 7.87. The Bertz CT molecular complexity index is 1040. The quantitative estimate of drug-likeness (QED) is 0.606. The molecule has 7 heteroatoms. The third-order valence-corrected chi connectivity index (χ3v) is 3.88. The number of nitrogens with one attached hydrogen (secondary N) is 1. The largest absolute Gasteiger partial charge is 0.370 e. The van der Waals surface area contributed by atoms with E-state index in [4.69, 9.17) is 5.73 Å². The number of amides is 1. The van der Waals surface area contributed by atoms with Gasteiger partial charge in [0.05, 0.1) is 11.7 Å². The fourth-order valence-corrected chi connectivity index (χ4v) is 2.59. The average molecular weight is 349 g/mol. The topological polar surface area (TPSA) is 108 Å². The molecule has 4 N–H and O–H groups in total. The lowest BCUT2D eigenvalue weighted by molar-refractivity contribution is -0.141. The highest BCUT2D eigenvalue weighted by atomic mass is 16.3. The summed E-state index contributed by atoms with van der Waals surface area (Å²) in [7, 11) is 3.15. The average Bonchev–Trinajstić information content (AvgIpc) is 3.02. The van der Waals surface area contributed by atoms with Crippen LogP contribution in [0.3, 0.4) is 0 Å². The highest BCUT2D eigenvalue weighted by Crippen LogP contribution is 2.27. The number of benzene rings is 1. The number of nitrogen functional groups attached to an aromatic ring is 1. The van der Waals surface area contributed by atoms with Crippen molar-refractivity contribution in [2.24, 2.45) is 0 Å². The number of likely N-dealkylation sites (N-methyl/N-ethyl adjacent to an activating group) is 1. The maximum Gasteiger partial charge on any atom is 0.266 e. The van der Waals surface area contributed by atoms with Gasteiger partial charge in [-0.25, -0.2) is 9.97 Å². The lowest BCUT2D eigenvalue weighted by atomic mass is 10.0. The van der Waals surface area contributed by atoms with E-state index in [1.165, 1.54) is 11.8 Å². The number of aliphatic hydroxyl groups is 1. The van der Waals surface area contributed by atoms with Gasteiger partial charge in [0, 0.05) is 31.4 Å². The minimum absolute atomic E-state index is 0.201. The first-order chi connectivity index (χ1) is 12.3. The Morgan fingerprint density at radius 2 is 2.15 bits per heavy atom. The third-order valence-electron chi connectivity index (χ3n) is 3.88. The molecule has 0 saturated heterocycles. The Labute approximate surface area is 150 Å². The van der Waals surface area contributed by atoms with Crippen molar-refractivity contribution in [1.29, 1.82) is 0 Å². The molecular formula is C19H19N5O2. The standard InChI is InChI=1S/C19H19N5O2/c1-19(26,17(25)24(2)3)8-7-12-5-4-6-13(9-12)14-10-21-15-11-22-18(20)23-16(14)15/h4-6,9-11,21,26H,1-3H3,(H2,20,22,23). The van der Waals surface area contributed by atoms with Crippen molar-refractivity contribution < 1.29 is 9.90 Å². The number of hydrogen-bond acceptors (Lipinski definition) is 5. The van der Waals surface area contributed by atoms with Gasteiger partial charge in [0.1, 0.15) is 5.52 Å². The molecule has 0 aliphatic heterocycles. The minimum Gasteiger partial charge on any atom is -0.370 e. The Morgan fingerprint density at radius 3 is 2.88 bits per heavy atom. The molecule has 0 spiro atoms. The zero-order valence-electron chi connectivity index (χ0n) is 14.7. The van der Waals surface area contributed by atoms with Crippen molar-refractivity contribution in [3.8, 4) is 23.0 Å². The molecule has 2 aromatic heterocycles. The van der Waals surface area contributed by atoms with E-state index in [1.807, 2.05) is 30.5 Å². The van der Waals surface area contributed by atoms with Crippen molar-refractivity contribution in [2.45, 2.75) is 12.5 Å². The summed E-state index contributed by atoms with van der Waals surface area (Å²) in [6.07, 6.45) is 3.46. The van der Waals surface area contributed by atoms with Gasteiger partial charge in [0.2, 0.25) is 11.5 Å². The van der Waals surface area contributed by atoms with E-state index in [2.05, 4.69) is 26.8 Å². The van der Waals surface area contributed by atoms with E-state index < -0.39 is 11.5 Å². The third kappa shape index (κ3) is 3.36. The van der Waals surface area contributed by atoms with E-state index >= 15 is 0 Å².